The Morgan fingerprint density at radius 2 is 2.13 bits per heavy atom. The van der Waals surface area contributed by atoms with Crippen LogP contribution in [-0.4, -0.2) is 44.1 Å². The molecule has 0 bridgehead atoms. The predicted octanol–water partition coefficient (Wildman–Crippen LogP) is 2.09. The molecule has 0 saturated heterocycles. The molecule has 0 unspecified atom stereocenters. The first-order chi connectivity index (χ1) is 14.7. The van der Waals surface area contributed by atoms with E-state index in [4.69, 9.17) is 4.74 Å². The maximum atomic E-state index is 11.7. The zero-order chi connectivity index (χ0) is 20.5. The van der Waals surface area contributed by atoms with E-state index in [1.807, 2.05) is 22.6 Å². The van der Waals surface area contributed by atoms with Crippen LogP contribution in [0.2, 0.25) is 0 Å². The van der Waals surface area contributed by atoms with Crippen molar-refractivity contribution in [3.8, 4) is 16.9 Å². The Bertz CT molecular complexity index is 1230. The lowest BCUT2D eigenvalue weighted by molar-refractivity contribution is 0.0958. The SMILES string of the molecule is CNC(=O)c1ccc(-c2cnc(NCc3cccc4c3CCO4)n3cnnc23)cn1. The van der Waals surface area contributed by atoms with Crippen LogP contribution in [-0.2, 0) is 13.0 Å². The Morgan fingerprint density at radius 3 is 2.97 bits per heavy atom. The number of carbonyl (C=O) groups is 1. The Morgan fingerprint density at radius 1 is 1.20 bits per heavy atom. The van der Waals surface area contributed by atoms with E-state index in [1.54, 1.807) is 31.8 Å². The van der Waals surface area contributed by atoms with Gasteiger partial charge in [0, 0.05) is 49.1 Å². The van der Waals surface area contributed by atoms with Crippen LogP contribution >= 0.6 is 0 Å². The van der Waals surface area contributed by atoms with Crippen molar-refractivity contribution in [1.82, 2.24) is 29.9 Å². The minimum atomic E-state index is -0.232. The first kappa shape index (κ1) is 18.0. The van der Waals surface area contributed by atoms with Crippen molar-refractivity contribution in [2.24, 2.45) is 0 Å². The lowest BCUT2D eigenvalue weighted by Crippen LogP contribution is -2.18. The lowest BCUT2D eigenvalue weighted by Gasteiger charge is -2.12. The van der Waals surface area contributed by atoms with E-state index in [0.29, 0.717) is 23.8 Å². The van der Waals surface area contributed by atoms with Gasteiger partial charge in [0.05, 0.1) is 6.61 Å². The second-order valence-corrected chi connectivity index (χ2v) is 6.88. The summed E-state index contributed by atoms with van der Waals surface area (Å²) >= 11 is 0. The molecule has 0 saturated carbocycles. The Labute approximate surface area is 172 Å². The van der Waals surface area contributed by atoms with Crippen molar-refractivity contribution in [3.63, 3.8) is 0 Å². The highest BCUT2D eigenvalue weighted by atomic mass is 16.5. The monoisotopic (exact) mass is 401 g/mol. The Balaban J connectivity index is 1.43. The van der Waals surface area contributed by atoms with Crippen molar-refractivity contribution in [1.29, 1.82) is 0 Å². The van der Waals surface area contributed by atoms with Crippen LogP contribution in [0.1, 0.15) is 21.6 Å². The largest absolute Gasteiger partial charge is 0.493 e. The number of aromatic nitrogens is 5. The molecule has 150 valence electrons. The Hall–Kier alpha value is -4.01. The number of nitrogens with zero attached hydrogens (tertiary/aromatic N) is 5. The molecule has 1 aliphatic heterocycles. The fourth-order valence-electron chi connectivity index (χ4n) is 3.60. The highest BCUT2D eigenvalue weighted by molar-refractivity contribution is 5.92. The summed E-state index contributed by atoms with van der Waals surface area (Å²) in [6.07, 6.45) is 5.91. The van der Waals surface area contributed by atoms with Gasteiger partial charge in [-0.15, -0.1) is 10.2 Å². The molecule has 0 fully saturated rings. The zero-order valence-electron chi connectivity index (χ0n) is 16.3. The van der Waals surface area contributed by atoms with Crippen LogP contribution < -0.4 is 15.4 Å². The van der Waals surface area contributed by atoms with E-state index in [0.717, 1.165) is 29.9 Å². The van der Waals surface area contributed by atoms with Gasteiger partial charge < -0.3 is 15.4 Å². The number of amides is 1. The highest BCUT2D eigenvalue weighted by Gasteiger charge is 2.17. The van der Waals surface area contributed by atoms with Gasteiger partial charge in [-0.25, -0.2) is 4.98 Å². The molecule has 0 spiro atoms. The van der Waals surface area contributed by atoms with Gasteiger partial charge in [-0.2, -0.15) is 0 Å². The molecule has 9 nitrogen and oxygen atoms in total. The first-order valence-electron chi connectivity index (χ1n) is 9.59. The van der Waals surface area contributed by atoms with Gasteiger partial charge in [-0.3, -0.25) is 14.2 Å². The molecular weight excluding hydrogens is 382 g/mol. The van der Waals surface area contributed by atoms with Crippen molar-refractivity contribution in [3.05, 3.63) is 65.9 Å². The van der Waals surface area contributed by atoms with Crippen molar-refractivity contribution in [2.45, 2.75) is 13.0 Å². The number of hydrogen-bond acceptors (Lipinski definition) is 7. The molecule has 9 heteroatoms. The summed E-state index contributed by atoms with van der Waals surface area (Å²) < 4.78 is 7.45. The Kier molecular flexibility index (Phi) is 4.47. The van der Waals surface area contributed by atoms with Gasteiger partial charge >= 0.3 is 0 Å². The minimum absolute atomic E-state index is 0.232. The van der Waals surface area contributed by atoms with Crippen LogP contribution in [0.15, 0.2) is 49.1 Å². The van der Waals surface area contributed by atoms with E-state index in [-0.39, 0.29) is 5.91 Å². The molecule has 5 rings (SSSR count). The smallest absolute Gasteiger partial charge is 0.269 e. The first-order valence-corrected chi connectivity index (χ1v) is 9.59. The van der Waals surface area contributed by atoms with Gasteiger partial charge in [0.15, 0.2) is 5.65 Å². The lowest BCUT2D eigenvalue weighted by atomic mass is 10.1. The number of hydrogen-bond donors (Lipinski definition) is 2. The molecule has 0 atom stereocenters. The quantitative estimate of drug-likeness (QED) is 0.527. The number of anilines is 1. The molecule has 0 aliphatic carbocycles. The maximum absolute atomic E-state index is 11.7. The summed E-state index contributed by atoms with van der Waals surface area (Å²) in [5.41, 5.74) is 5.02. The number of carbonyl (C=O) groups excluding carboxylic acids is 1. The fraction of sp³-hybridized carbons (Fsp3) is 0.190. The molecule has 4 aromatic rings. The summed E-state index contributed by atoms with van der Waals surface area (Å²) in [6.45, 7) is 1.34. The van der Waals surface area contributed by atoms with Gasteiger partial charge in [-0.05, 0) is 17.7 Å². The third-order valence-corrected chi connectivity index (χ3v) is 5.14. The van der Waals surface area contributed by atoms with E-state index in [1.165, 1.54) is 11.1 Å². The number of fused-ring (bicyclic) bond motifs is 2. The van der Waals surface area contributed by atoms with E-state index < -0.39 is 0 Å². The second-order valence-electron chi connectivity index (χ2n) is 6.88. The van der Waals surface area contributed by atoms with E-state index in [9.17, 15) is 4.79 Å². The van der Waals surface area contributed by atoms with Crippen molar-refractivity contribution < 1.29 is 9.53 Å². The number of nitrogens with one attached hydrogen (secondary N) is 2. The van der Waals surface area contributed by atoms with Gasteiger partial charge in [0.2, 0.25) is 5.95 Å². The van der Waals surface area contributed by atoms with Crippen LogP contribution in [0.5, 0.6) is 5.75 Å². The van der Waals surface area contributed by atoms with Crippen LogP contribution in [0.4, 0.5) is 5.95 Å². The number of ether oxygens (including phenoxy) is 1. The molecule has 1 aromatic carbocycles. The second kappa shape index (κ2) is 7.43. The summed E-state index contributed by atoms with van der Waals surface area (Å²) in [5.74, 6) is 1.37. The summed E-state index contributed by atoms with van der Waals surface area (Å²) in [6, 6.07) is 9.59. The summed E-state index contributed by atoms with van der Waals surface area (Å²) in [4.78, 5) is 20.5. The van der Waals surface area contributed by atoms with Gasteiger partial charge in [-0.1, -0.05) is 18.2 Å². The maximum Gasteiger partial charge on any atom is 0.269 e. The number of benzene rings is 1. The summed E-state index contributed by atoms with van der Waals surface area (Å²) in [7, 11) is 1.57. The molecule has 30 heavy (non-hydrogen) atoms. The normalized spacial score (nSPS) is 12.4. The molecule has 2 N–H and O–H groups in total. The molecule has 4 heterocycles. The number of pyridine rings is 1. The van der Waals surface area contributed by atoms with Crippen LogP contribution in [0.3, 0.4) is 0 Å². The molecule has 1 amide bonds. The molecular formula is C21H19N7O2. The average molecular weight is 401 g/mol. The molecule has 1 aliphatic rings. The topological polar surface area (TPSA) is 106 Å². The van der Waals surface area contributed by atoms with Crippen LogP contribution in [0.25, 0.3) is 16.8 Å². The van der Waals surface area contributed by atoms with E-state index in [2.05, 4.69) is 36.9 Å². The summed E-state index contributed by atoms with van der Waals surface area (Å²) in [5, 5.41) is 14.2. The third-order valence-electron chi connectivity index (χ3n) is 5.14. The average Bonchev–Trinajstić information content (AvgIpc) is 3.47. The van der Waals surface area contributed by atoms with Gasteiger partial charge in [0.1, 0.15) is 17.8 Å². The van der Waals surface area contributed by atoms with Crippen molar-refractivity contribution in [2.75, 3.05) is 19.0 Å². The fourth-order valence-corrected chi connectivity index (χ4v) is 3.60. The zero-order valence-corrected chi connectivity index (χ0v) is 16.3. The van der Waals surface area contributed by atoms with E-state index >= 15 is 0 Å². The minimum Gasteiger partial charge on any atom is -0.493 e. The third kappa shape index (κ3) is 3.10. The number of rotatable bonds is 5. The predicted molar refractivity (Wildman–Crippen MR) is 110 cm³/mol. The van der Waals surface area contributed by atoms with Crippen molar-refractivity contribution >= 4 is 17.5 Å². The van der Waals surface area contributed by atoms with Crippen LogP contribution in [0, 0.1) is 0 Å². The standard InChI is InChI=1S/C21H19N7O2/c1-22-20(29)17-6-5-14(9-23-17)16-11-25-21(28-12-26-27-19(16)28)24-10-13-3-2-4-18-15(13)7-8-30-18/h2-6,9,11-12H,7-8,10H2,1H3,(H,22,29)(H,24,25). The molecule has 3 aromatic heterocycles. The molecule has 0 radical (unpaired) electrons. The van der Waals surface area contributed by atoms with Gasteiger partial charge in [0.25, 0.3) is 5.91 Å². The highest BCUT2D eigenvalue weighted by Crippen LogP contribution is 2.29.